The molecule has 0 fully saturated rings. The van der Waals surface area contributed by atoms with Gasteiger partial charge in [0.15, 0.2) is 11.6 Å². The first-order valence-corrected chi connectivity index (χ1v) is 5.75. The molecule has 0 aliphatic heterocycles. The van der Waals surface area contributed by atoms with Gasteiger partial charge >= 0.3 is 0 Å². The van der Waals surface area contributed by atoms with Gasteiger partial charge in [0, 0.05) is 5.69 Å². The average Bonchev–Trinajstić information content (AvgIpc) is 2.43. The van der Waals surface area contributed by atoms with Crippen molar-refractivity contribution in [1.29, 1.82) is 0 Å². The third-order valence-electron chi connectivity index (χ3n) is 2.69. The Bertz CT molecular complexity index is 732. The SMILES string of the molecule is NC(=O)c1cc(NC(=O)c2cccc(F)c2F)ccc1F. The van der Waals surface area contributed by atoms with E-state index in [1.54, 1.807) is 0 Å². The summed E-state index contributed by atoms with van der Waals surface area (Å²) in [6.07, 6.45) is 0. The van der Waals surface area contributed by atoms with Gasteiger partial charge in [-0.15, -0.1) is 0 Å². The Hall–Kier alpha value is -2.83. The predicted octanol–water partition coefficient (Wildman–Crippen LogP) is 2.46. The van der Waals surface area contributed by atoms with Crippen molar-refractivity contribution < 1.29 is 22.8 Å². The zero-order valence-corrected chi connectivity index (χ0v) is 10.5. The second-order valence-corrected chi connectivity index (χ2v) is 4.11. The Balaban J connectivity index is 2.30. The number of halogens is 3. The van der Waals surface area contributed by atoms with Crippen LogP contribution in [0.3, 0.4) is 0 Å². The lowest BCUT2D eigenvalue weighted by Gasteiger charge is -2.08. The van der Waals surface area contributed by atoms with Crippen LogP contribution in [0.5, 0.6) is 0 Å². The number of amides is 2. The van der Waals surface area contributed by atoms with Gasteiger partial charge < -0.3 is 11.1 Å². The summed E-state index contributed by atoms with van der Waals surface area (Å²) < 4.78 is 39.8. The second-order valence-electron chi connectivity index (χ2n) is 4.11. The number of nitrogens with one attached hydrogen (secondary N) is 1. The molecule has 3 N–H and O–H groups in total. The molecule has 0 atom stereocenters. The Kier molecular flexibility index (Phi) is 3.93. The van der Waals surface area contributed by atoms with Crippen LogP contribution >= 0.6 is 0 Å². The van der Waals surface area contributed by atoms with Crippen molar-refractivity contribution in [2.75, 3.05) is 5.32 Å². The maximum Gasteiger partial charge on any atom is 0.258 e. The van der Waals surface area contributed by atoms with Crippen molar-refractivity contribution >= 4 is 17.5 Å². The van der Waals surface area contributed by atoms with Crippen LogP contribution in [-0.4, -0.2) is 11.8 Å². The molecule has 7 heteroatoms. The standard InChI is InChI=1S/C14H9F3N2O2/c15-10-5-4-7(6-9(10)13(18)20)19-14(21)8-2-1-3-11(16)12(8)17/h1-6H,(H2,18,20)(H,19,21). The van der Waals surface area contributed by atoms with Crippen molar-refractivity contribution in [2.24, 2.45) is 5.73 Å². The quantitative estimate of drug-likeness (QED) is 0.912. The first kappa shape index (κ1) is 14.6. The van der Waals surface area contributed by atoms with Crippen LogP contribution < -0.4 is 11.1 Å². The Morgan fingerprint density at radius 2 is 1.67 bits per heavy atom. The minimum atomic E-state index is -1.30. The highest BCUT2D eigenvalue weighted by Crippen LogP contribution is 2.17. The van der Waals surface area contributed by atoms with E-state index < -0.39 is 40.4 Å². The van der Waals surface area contributed by atoms with E-state index in [4.69, 9.17) is 5.73 Å². The number of carbonyl (C=O) groups is 2. The maximum atomic E-state index is 13.5. The molecule has 2 amide bonds. The number of anilines is 1. The molecule has 2 rings (SSSR count). The number of benzene rings is 2. The van der Waals surface area contributed by atoms with Crippen molar-refractivity contribution in [3.05, 3.63) is 65.0 Å². The Morgan fingerprint density at radius 1 is 0.952 bits per heavy atom. The maximum absolute atomic E-state index is 13.5. The van der Waals surface area contributed by atoms with E-state index in [9.17, 15) is 22.8 Å². The molecule has 0 saturated carbocycles. The molecule has 0 unspecified atom stereocenters. The molecule has 0 aromatic heterocycles. The summed E-state index contributed by atoms with van der Waals surface area (Å²) in [5.41, 5.74) is 4.06. The molecule has 2 aromatic rings. The lowest BCUT2D eigenvalue weighted by atomic mass is 10.1. The van der Waals surface area contributed by atoms with Gasteiger partial charge in [-0.1, -0.05) is 6.07 Å². The molecule has 21 heavy (non-hydrogen) atoms. The van der Waals surface area contributed by atoms with E-state index in [-0.39, 0.29) is 5.69 Å². The third kappa shape index (κ3) is 3.02. The van der Waals surface area contributed by atoms with E-state index in [2.05, 4.69) is 5.32 Å². The molecule has 108 valence electrons. The van der Waals surface area contributed by atoms with E-state index >= 15 is 0 Å². The smallest absolute Gasteiger partial charge is 0.258 e. The first-order chi connectivity index (χ1) is 9.90. The van der Waals surface area contributed by atoms with Crippen molar-refractivity contribution in [2.45, 2.75) is 0 Å². The van der Waals surface area contributed by atoms with Gasteiger partial charge in [-0.2, -0.15) is 0 Å². The van der Waals surface area contributed by atoms with Gasteiger partial charge in [0.2, 0.25) is 0 Å². The predicted molar refractivity (Wildman–Crippen MR) is 69.2 cm³/mol. The minimum Gasteiger partial charge on any atom is -0.366 e. The summed E-state index contributed by atoms with van der Waals surface area (Å²) in [6, 6.07) is 6.23. The topological polar surface area (TPSA) is 72.2 Å². The summed E-state index contributed by atoms with van der Waals surface area (Å²) in [4.78, 5) is 22.8. The Morgan fingerprint density at radius 3 is 2.33 bits per heavy atom. The van der Waals surface area contributed by atoms with E-state index in [0.29, 0.717) is 0 Å². The molecule has 2 aromatic carbocycles. The summed E-state index contributed by atoms with van der Waals surface area (Å²) in [6.45, 7) is 0. The highest BCUT2D eigenvalue weighted by Gasteiger charge is 2.16. The zero-order valence-electron chi connectivity index (χ0n) is 10.5. The van der Waals surface area contributed by atoms with Gasteiger partial charge in [-0.05, 0) is 30.3 Å². The van der Waals surface area contributed by atoms with Crippen LogP contribution in [0.15, 0.2) is 36.4 Å². The van der Waals surface area contributed by atoms with Crippen LogP contribution in [0.25, 0.3) is 0 Å². The highest BCUT2D eigenvalue weighted by molar-refractivity contribution is 6.05. The number of rotatable bonds is 3. The molecule has 0 aliphatic carbocycles. The van der Waals surface area contributed by atoms with Gasteiger partial charge in [-0.3, -0.25) is 9.59 Å². The summed E-state index contributed by atoms with van der Waals surface area (Å²) in [7, 11) is 0. The third-order valence-corrected chi connectivity index (χ3v) is 2.69. The molecule has 0 radical (unpaired) electrons. The van der Waals surface area contributed by atoms with Gasteiger partial charge in [0.25, 0.3) is 11.8 Å². The number of hydrogen-bond acceptors (Lipinski definition) is 2. The van der Waals surface area contributed by atoms with Crippen LogP contribution in [-0.2, 0) is 0 Å². The summed E-state index contributed by atoms with van der Waals surface area (Å²) >= 11 is 0. The van der Waals surface area contributed by atoms with Gasteiger partial charge in [0.1, 0.15) is 5.82 Å². The zero-order chi connectivity index (χ0) is 15.6. The summed E-state index contributed by atoms with van der Waals surface area (Å²) in [5.74, 6) is -5.26. The molecular formula is C14H9F3N2O2. The number of hydrogen-bond donors (Lipinski definition) is 2. The number of primary amides is 1. The van der Waals surface area contributed by atoms with Crippen molar-refractivity contribution in [3.8, 4) is 0 Å². The Labute approximate surface area is 117 Å². The molecule has 0 spiro atoms. The minimum absolute atomic E-state index is 0.0267. The van der Waals surface area contributed by atoms with Crippen LogP contribution in [0.2, 0.25) is 0 Å². The van der Waals surface area contributed by atoms with Gasteiger partial charge in [-0.25, -0.2) is 13.2 Å². The number of nitrogens with two attached hydrogens (primary N) is 1. The molecule has 0 saturated heterocycles. The fraction of sp³-hybridized carbons (Fsp3) is 0. The van der Waals surface area contributed by atoms with E-state index in [1.165, 1.54) is 6.07 Å². The summed E-state index contributed by atoms with van der Waals surface area (Å²) in [5, 5.41) is 2.23. The molecular weight excluding hydrogens is 285 g/mol. The van der Waals surface area contributed by atoms with Gasteiger partial charge in [0.05, 0.1) is 11.1 Å². The number of carbonyl (C=O) groups excluding carboxylic acids is 2. The molecule has 0 heterocycles. The second kappa shape index (κ2) is 5.66. The van der Waals surface area contributed by atoms with Crippen molar-refractivity contribution in [1.82, 2.24) is 0 Å². The highest BCUT2D eigenvalue weighted by atomic mass is 19.2. The fourth-order valence-corrected chi connectivity index (χ4v) is 1.67. The largest absolute Gasteiger partial charge is 0.366 e. The van der Waals surface area contributed by atoms with Crippen molar-refractivity contribution in [3.63, 3.8) is 0 Å². The lowest BCUT2D eigenvalue weighted by molar-refractivity contribution is 0.0992. The lowest BCUT2D eigenvalue weighted by Crippen LogP contribution is -2.17. The van der Waals surface area contributed by atoms with E-state index in [0.717, 1.165) is 30.3 Å². The molecule has 0 bridgehead atoms. The normalized spacial score (nSPS) is 10.2. The molecule has 4 nitrogen and oxygen atoms in total. The monoisotopic (exact) mass is 294 g/mol. The first-order valence-electron chi connectivity index (χ1n) is 5.75. The van der Waals surface area contributed by atoms with Crippen LogP contribution in [0, 0.1) is 17.5 Å². The molecule has 0 aliphatic rings. The fourth-order valence-electron chi connectivity index (χ4n) is 1.67. The van der Waals surface area contributed by atoms with Crippen LogP contribution in [0.4, 0.5) is 18.9 Å². The van der Waals surface area contributed by atoms with E-state index in [1.807, 2.05) is 0 Å². The van der Waals surface area contributed by atoms with Crippen LogP contribution in [0.1, 0.15) is 20.7 Å². The average molecular weight is 294 g/mol.